The molecule has 0 spiro atoms. The predicted octanol–water partition coefficient (Wildman–Crippen LogP) is 3.97. The summed E-state index contributed by atoms with van der Waals surface area (Å²) in [6.07, 6.45) is 4.70. The highest BCUT2D eigenvalue weighted by Crippen LogP contribution is 2.40. The van der Waals surface area contributed by atoms with E-state index in [1.165, 1.54) is 4.90 Å². The maximum absolute atomic E-state index is 12.8. The first-order chi connectivity index (χ1) is 12.6. The van der Waals surface area contributed by atoms with Crippen molar-refractivity contribution in [1.29, 1.82) is 0 Å². The number of carbonyl (C=O) groups is 2. The molecule has 0 unspecified atom stereocenters. The lowest BCUT2D eigenvalue weighted by molar-refractivity contribution is -0.122. The van der Waals surface area contributed by atoms with E-state index in [9.17, 15) is 9.59 Å². The number of rotatable bonds is 4. The minimum absolute atomic E-state index is 0.0881. The molecule has 1 fully saturated rings. The number of hydrogen-bond donors (Lipinski definition) is 0. The summed E-state index contributed by atoms with van der Waals surface area (Å²) in [5.41, 5.74) is 1.71. The lowest BCUT2D eigenvalue weighted by atomic mass is 9.78. The quantitative estimate of drug-likeness (QED) is 0.621. The highest BCUT2D eigenvalue weighted by molar-refractivity contribution is 6.22. The molecule has 4 heteroatoms. The molecule has 132 valence electrons. The summed E-state index contributed by atoms with van der Waals surface area (Å²) in [5, 5.41) is 0. The van der Waals surface area contributed by atoms with Crippen molar-refractivity contribution in [3.05, 3.63) is 72.3 Å². The first-order valence-electron chi connectivity index (χ1n) is 8.96. The summed E-state index contributed by atoms with van der Waals surface area (Å²) in [4.78, 5) is 26.9. The SMILES string of the molecule is C[C@@H]1C=CC[C@H]2C(=O)N(c3ccc(OCc4ccccc4)cc3)C(=O)[C@@H]12. The van der Waals surface area contributed by atoms with E-state index in [2.05, 4.69) is 0 Å². The van der Waals surface area contributed by atoms with Crippen LogP contribution in [0.15, 0.2) is 66.7 Å². The molecule has 1 aliphatic heterocycles. The van der Waals surface area contributed by atoms with Crippen LogP contribution in [0, 0.1) is 17.8 Å². The number of benzene rings is 2. The van der Waals surface area contributed by atoms with Crippen LogP contribution in [0.2, 0.25) is 0 Å². The van der Waals surface area contributed by atoms with Gasteiger partial charge in [0.05, 0.1) is 17.5 Å². The van der Waals surface area contributed by atoms with Gasteiger partial charge in [-0.15, -0.1) is 0 Å². The molecule has 1 aliphatic carbocycles. The summed E-state index contributed by atoms with van der Waals surface area (Å²) in [6.45, 7) is 2.48. The molecular formula is C22H21NO3. The van der Waals surface area contributed by atoms with Crippen LogP contribution < -0.4 is 9.64 Å². The van der Waals surface area contributed by atoms with Gasteiger partial charge in [-0.2, -0.15) is 0 Å². The third-order valence-corrected chi connectivity index (χ3v) is 5.22. The van der Waals surface area contributed by atoms with Gasteiger partial charge in [0.1, 0.15) is 12.4 Å². The van der Waals surface area contributed by atoms with Crippen molar-refractivity contribution >= 4 is 17.5 Å². The molecule has 2 aromatic rings. The smallest absolute Gasteiger partial charge is 0.238 e. The van der Waals surface area contributed by atoms with Crippen LogP contribution in [0.25, 0.3) is 0 Å². The molecule has 0 bridgehead atoms. The topological polar surface area (TPSA) is 46.6 Å². The van der Waals surface area contributed by atoms with E-state index in [0.29, 0.717) is 24.5 Å². The Kier molecular flexibility index (Phi) is 4.33. The van der Waals surface area contributed by atoms with Crippen LogP contribution in [-0.2, 0) is 16.2 Å². The Morgan fingerprint density at radius 3 is 2.42 bits per heavy atom. The Labute approximate surface area is 153 Å². The predicted molar refractivity (Wildman–Crippen MR) is 99.6 cm³/mol. The summed E-state index contributed by atoms with van der Waals surface area (Å²) in [5.74, 6) is 0.176. The Balaban J connectivity index is 1.48. The maximum atomic E-state index is 12.8. The molecule has 26 heavy (non-hydrogen) atoms. The third-order valence-electron chi connectivity index (χ3n) is 5.22. The van der Waals surface area contributed by atoms with Gasteiger partial charge in [0.25, 0.3) is 0 Å². The van der Waals surface area contributed by atoms with Crippen molar-refractivity contribution in [3.63, 3.8) is 0 Å². The average Bonchev–Trinajstić information content (AvgIpc) is 2.93. The van der Waals surface area contributed by atoms with Crippen molar-refractivity contribution in [3.8, 4) is 5.75 Å². The maximum Gasteiger partial charge on any atom is 0.238 e. The Morgan fingerprint density at radius 1 is 1.00 bits per heavy atom. The number of imide groups is 1. The van der Waals surface area contributed by atoms with E-state index < -0.39 is 0 Å². The first-order valence-corrected chi connectivity index (χ1v) is 8.96. The fraction of sp³-hybridized carbons (Fsp3) is 0.273. The van der Waals surface area contributed by atoms with Gasteiger partial charge < -0.3 is 4.74 Å². The fourth-order valence-electron chi connectivity index (χ4n) is 3.83. The molecule has 2 aliphatic rings. The number of anilines is 1. The van der Waals surface area contributed by atoms with Crippen LogP contribution >= 0.6 is 0 Å². The zero-order valence-corrected chi connectivity index (χ0v) is 14.7. The number of amides is 2. The minimum atomic E-state index is -0.235. The lowest BCUT2D eigenvalue weighted by Crippen LogP contribution is -2.31. The van der Waals surface area contributed by atoms with E-state index in [0.717, 1.165) is 5.56 Å². The second-order valence-corrected chi connectivity index (χ2v) is 6.94. The number of fused-ring (bicyclic) bond motifs is 1. The molecule has 2 aromatic carbocycles. The number of hydrogen-bond acceptors (Lipinski definition) is 3. The van der Waals surface area contributed by atoms with Crippen molar-refractivity contribution in [2.75, 3.05) is 4.90 Å². The molecule has 4 nitrogen and oxygen atoms in total. The van der Waals surface area contributed by atoms with E-state index in [1.54, 1.807) is 12.1 Å². The second kappa shape index (κ2) is 6.79. The van der Waals surface area contributed by atoms with E-state index in [-0.39, 0.29) is 29.6 Å². The minimum Gasteiger partial charge on any atom is -0.489 e. The van der Waals surface area contributed by atoms with Gasteiger partial charge in [-0.1, -0.05) is 49.4 Å². The van der Waals surface area contributed by atoms with Gasteiger partial charge in [-0.25, -0.2) is 0 Å². The molecule has 1 saturated heterocycles. The monoisotopic (exact) mass is 347 g/mol. The van der Waals surface area contributed by atoms with Crippen LogP contribution in [0.4, 0.5) is 5.69 Å². The molecule has 0 radical (unpaired) electrons. The fourth-order valence-corrected chi connectivity index (χ4v) is 3.83. The number of allylic oxidation sites excluding steroid dienone is 2. The normalized spacial score (nSPS) is 24.7. The molecule has 0 saturated carbocycles. The zero-order chi connectivity index (χ0) is 18.1. The van der Waals surface area contributed by atoms with E-state index >= 15 is 0 Å². The van der Waals surface area contributed by atoms with Crippen LogP contribution in [-0.4, -0.2) is 11.8 Å². The van der Waals surface area contributed by atoms with Crippen LogP contribution in [0.1, 0.15) is 18.9 Å². The largest absolute Gasteiger partial charge is 0.489 e. The Morgan fingerprint density at radius 2 is 1.73 bits per heavy atom. The molecular weight excluding hydrogens is 326 g/mol. The molecule has 0 aromatic heterocycles. The summed E-state index contributed by atoms with van der Waals surface area (Å²) < 4.78 is 5.78. The number of nitrogens with zero attached hydrogens (tertiary/aromatic N) is 1. The van der Waals surface area contributed by atoms with Gasteiger partial charge in [0.15, 0.2) is 0 Å². The number of ether oxygens (including phenoxy) is 1. The Hall–Kier alpha value is -2.88. The first kappa shape index (κ1) is 16.6. The van der Waals surface area contributed by atoms with E-state index in [1.807, 2.05) is 61.5 Å². The summed E-state index contributed by atoms with van der Waals surface area (Å²) in [7, 11) is 0. The Bertz CT molecular complexity index is 841. The highest BCUT2D eigenvalue weighted by Gasteiger charge is 2.50. The van der Waals surface area contributed by atoms with Gasteiger partial charge >= 0.3 is 0 Å². The van der Waals surface area contributed by atoms with Crippen LogP contribution in [0.3, 0.4) is 0 Å². The van der Waals surface area contributed by atoms with Crippen molar-refractivity contribution in [1.82, 2.24) is 0 Å². The third kappa shape index (κ3) is 2.92. The van der Waals surface area contributed by atoms with E-state index in [4.69, 9.17) is 4.74 Å². The summed E-state index contributed by atoms with van der Waals surface area (Å²) >= 11 is 0. The molecule has 0 N–H and O–H groups in total. The highest BCUT2D eigenvalue weighted by atomic mass is 16.5. The molecule has 2 amide bonds. The van der Waals surface area contributed by atoms with Crippen molar-refractivity contribution in [2.45, 2.75) is 20.0 Å². The van der Waals surface area contributed by atoms with Crippen molar-refractivity contribution < 1.29 is 14.3 Å². The van der Waals surface area contributed by atoms with Gasteiger partial charge in [-0.05, 0) is 42.2 Å². The lowest BCUT2D eigenvalue weighted by Gasteiger charge is -2.22. The van der Waals surface area contributed by atoms with Crippen LogP contribution in [0.5, 0.6) is 5.75 Å². The van der Waals surface area contributed by atoms with Gasteiger partial charge in [-0.3, -0.25) is 14.5 Å². The molecule has 1 heterocycles. The standard InChI is InChI=1S/C22H21NO3/c1-15-6-5-9-19-20(15)22(25)23(21(19)24)17-10-12-18(13-11-17)26-14-16-7-3-2-4-8-16/h2-8,10-13,15,19-20H,9,14H2,1H3/t15-,19-,20+/m1/s1. The molecule has 3 atom stereocenters. The average molecular weight is 347 g/mol. The van der Waals surface area contributed by atoms with Crippen molar-refractivity contribution in [2.24, 2.45) is 17.8 Å². The van der Waals surface area contributed by atoms with Gasteiger partial charge in [0, 0.05) is 0 Å². The van der Waals surface area contributed by atoms with Gasteiger partial charge in [0.2, 0.25) is 11.8 Å². The zero-order valence-electron chi connectivity index (χ0n) is 14.7. The molecule has 4 rings (SSSR count). The summed E-state index contributed by atoms with van der Waals surface area (Å²) in [6, 6.07) is 17.1. The second-order valence-electron chi connectivity index (χ2n) is 6.94. The number of carbonyl (C=O) groups excluding carboxylic acids is 2.